The van der Waals surface area contributed by atoms with Gasteiger partial charge in [-0.1, -0.05) is 29.8 Å². The first-order chi connectivity index (χ1) is 12.0. The van der Waals surface area contributed by atoms with Crippen LogP contribution in [0.2, 0.25) is 0 Å². The molecule has 0 saturated carbocycles. The predicted molar refractivity (Wildman–Crippen MR) is 93.4 cm³/mol. The number of hydrogen-bond donors (Lipinski definition) is 2. The molecule has 7 heteroatoms. The number of aryl methyl sites for hydroxylation is 1. The van der Waals surface area contributed by atoms with E-state index in [1.165, 1.54) is 30.5 Å². The van der Waals surface area contributed by atoms with Gasteiger partial charge in [-0.3, -0.25) is 14.9 Å². The summed E-state index contributed by atoms with van der Waals surface area (Å²) in [6, 6.07) is 15.1. The Morgan fingerprint density at radius 3 is 2.60 bits per heavy atom. The molecule has 0 heterocycles. The highest BCUT2D eigenvalue weighted by atomic mass is 16.6. The quantitative estimate of drug-likeness (QED) is 0.365. The molecule has 0 aromatic heterocycles. The Hall–Kier alpha value is -3.66. The number of amides is 1. The minimum atomic E-state index is -0.590. The molecule has 0 spiro atoms. The number of nitriles is 1. The highest BCUT2D eigenvalue weighted by Crippen LogP contribution is 2.15. The van der Waals surface area contributed by atoms with Gasteiger partial charge in [0, 0.05) is 30.6 Å². The van der Waals surface area contributed by atoms with Gasteiger partial charge in [0.2, 0.25) is 0 Å². The number of benzene rings is 2. The Labute approximate surface area is 144 Å². The summed E-state index contributed by atoms with van der Waals surface area (Å²) in [4.78, 5) is 22.2. The Morgan fingerprint density at radius 1 is 1.28 bits per heavy atom. The lowest BCUT2D eigenvalue weighted by atomic mass is 10.1. The molecule has 126 valence electrons. The maximum absolute atomic E-state index is 12.1. The Morgan fingerprint density at radius 2 is 2.00 bits per heavy atom. The number of carbonyl (C=O) groups is 1. The second-order valence-corrected chi connectivity index (χ2v) is 5.30. The highest BCUT2D eigenvalue weighted by Gasteiger charge is 2.10. The van der Waals surface area contributed by atoms with Crippen molar-refractivity contribution in [2.45, 2.75) is 13.5 Å². The van der Waals surface area contributed by atoms with E-state index in [4.69, 9.17) is 5.26 Å². The van der Waals surface area contributed by atoms with E-state index in [2.05, 4.69) is 10.6 Å². The van der Waals surface area contributed by atoms with Crippen LogP contribution >= 0.6 is 0 Å². The van der Waals surface area contributed by atoms with Gasteiger partial charge >= 0.3 is 0 Å². The van der Waals surface area contributed by atoms with Crippen LogP contribution in [0.4, 0.5) is 11.4 Å². The van der Waals surface area contributed by atoms with E-state index >= 15 is 0 Å². The van der Waals surface area contributed by atoms with Crippen LogP contribution in [-0.2, 0) is 11.3 Å². The van der Waals surface area contributed by atoms with E-state index in [0.717, 1.165) is 11.1 Å². The lowest BCUT2D eigenvalue weighted by Gasteiger charge is -2.06. The Bertz CT molecular complexity index is 851. The first-order valence-corrected chi connectivity index (χ1v) is 7.44. The molecule has 2 N–H and O–H groups in total. The largest absolute Gasteiger partial charge is 0.386 e. The second-order valence-electron chi connectivity index (χ2n) is 5.30. The van der Waals surface area contributed by atoms with Crippen molar-refractivity contribution in [1.29, 1.82) is 5.26 Å². The zero-order valence-corrected chi connectivity index (χ0v) is 13.5. The zero-order chi connectivity index (χ0) is 18.2. The molecule has 0 aliphatic rings. The van der Waals surface area contributed by atoms with Crippen LogP contribution in [0.1, 0.15) is 11.1 Å². The summed E-state index contributed by atoms with van der Waals surface area (Å²) in [5.41, 5.74) is 2.36. The number of nitrogens with zero attached hydrogens (tertiary/aromatic N) is 2. The van der Waals surface area contributed by atoms with E-state index in [9.17, 15) is 14.9 Å². The minimum absolute atomic E-state index is 0.0751. The van der Waals surface area contributed by atoms with Gasteiger partial charge in [0.1, 0.15) is 11.6 Å². The maximum atomic E-state index is 12.1. The van der Waals surface area contributed by atoms with E-state index in [-0.39, 0.29) is 11.3 Å². The standard InChI is InChI=1S/C18H16N4O3/c1-13-3-2-4-14(9-13)11-20-12-15(10-19)18(23)21-16-5-7-17(8-6-16)22(24)25/h2-9,12,20H,11H2,1H3,(H,21,23)/b15-12-. The van der Waals surface area contributed by atoms with Gasteiger partial charge in [0.25, 0.3) is 11.6 Å². The molecule has 7 nitrogen and oxygen atoms in total. The van der Waals surface area contributed by atoms with Crippen molar-refractivity contribution >= 4 is 17.3 Å². The molecule has 2 rings (SSSR count). The van der Waals surface area contributed by atoms with E-state index in [0.29, 0.717) is 12.2 Å². The lowest BCUT2D eigenvalue weighted by Crippen LogP contribution is -2.16. The van der Waals surface area contributed by atoms with Gasteiger partial charge in [0.15, 0.2) is 0 Å². The van der Waals surface area contributed by atoms with Crippen LogP contribution in [0, 0.1) is 28.4 Å². The topological polar surface area (TPSA) is 108 Å². The average molecular weight is 336 g/mol. The van der Waals surface area contributed by atoms with Crippen molar-refractivity contribution in [2.24, 2.45) is 0 Å². The number of non-ortho nitro benzene ring substituents is 1. The summed E-state index contributed by atoms with van der Waals surface area (Å²) in [7, 11) is 0. The number of nitrogens with one attached hydrogen (secondary N) is 2. The molecular weight excluding hydrogens is 320 g/mol. The summed E-state index contributed by atoms with van der Waals surface area (Å²) >= 11 is 0. The van der Waals surface area contributed by atoms with Gasteiger partial charge < -0.3 is 10.6 Å². The molecule has 2 aromatic carbocycles. The number of anilines is 1. The average Bonchev–Trinajstić information content (AvgIpc) is 2.59. The molecule has 25 heavy (non-hydrogen) atoms. The summed E-state index contributed by atoms with van der Waals surface area (Å²) in [5, 5.41) is 25.2. The molecule has 1 amide bonds. The van der Waals surface area contributed by atoms with Crippen molar-refractivity contribution in [3.05, 3.63) is 81.5 Å². The van der Waals surface area contributed by atoms with Crippen molar-refractivity contribution in [2.75, 3.05) is 5.32 Å². The van der Waals surface area contributed by atoms with Crippen molar-refractivity contribution in [3.8, 4) is 6.07 Å². The third-order valence-electron chi connectivity index (χ3n) is 3.34. The number of nitro groups is 1. The predicted octanol–water partition coefficient (Wildman–Crippen LogP) is 3.04. The number of hydrogen-bond acceptors (Lipinski definition) is 5. The van der Waals surface area contributed by atoms with Gasteiger partial charge in [-0.25, -0.2) is 0 Å². The van der Waals surface area contributed by atoms with Crippen LogP contribution in [0.5, 0.6) is 0 Å². The smallest absolute Gasteiger partial charge is 0.269 e. The van der Waals surface area contributed by atoms with Crippen LogP contribution in [0.25, 0.3) is 0 Å². The van der Waals surface area contributed by atoms with Crippen LogP contribution < -0.4 is 10.6 Å². The van der Waals surface area contributed by atoms with Crippen molar-refractivity contribution in [3.63, 3.8) is 0 Å². The molecule has 0 radical (unpaired) electrons. The molecule has 0 fully saturated rings. The summed E-state index contributed by atoms with van der Waals surface area (Å²) in [6.45, 7) is 2.47. The highest BCUT2D eigenvalue weighted by molar-refractivity contribution is 6.06. The fourth-order valence-electron chi connectivity index (χ4n) is 2.11. The van der Waals surface area contributed by atoms with Gasteiger partial charge in [-0.15, -0.1) is 0 Å². The normalized spacial score (nSPS) is 10.6. The minimum Gasteiger partial charge on any atom is -0.386 e. The van der Waals surface area contributed by atoms with Crippen molar-refractivity contribution < 1.29 is 9.72 Å². The van der Waals surface area contributed by atoms with E-state index in [1.54, 1.807) is 0 Å². The molecule has 0 aliphatic carbocycles. The molecular formula is C18H16N4O3. The van der Waals surface area contributed by atoms with Gasteiger partial charge in [-0.05, 0) is 24.6 Å². The molecule has 0 aliphatic heterocycles. The summed E-state index contributed by atoms with van der Waals surface area (Å²) in [5.74, 6) is -0.590. The second kappa shape index (κ2) is 8.26. The van der Waals surface area contributed by atoms with E-state index in [1.807, 2.05) is 37.3 Å². The first kappa shape index (κ1) is 17.7. The van der Waals surface area contributed by atoms with Gasteiger partial charge in [-0.2, -0.15) is 5.26 Å². The number of nitro benzene ring substituents is 1. The summed E-state index contributed by atoms with van der Waals surface area (Å²) < 4.78 is 0. The molecule has 0 bridgehead atoms. The van der Waals surface area contributed by atoms with Crippen molar-refractivity contribution in [1.82, 2.24) is 5.32 Å². The monoisotopic (exact) mass is 336 g/mol. The summed E-state index contributed by atoms with van der Waals surface area (Å²) in [6.07, 6.45) is 1.35. The first-order valence-electron chi connectivity index (χ1n) is 7.44. The maximum Gasteiger partial charge on any atom is 0.269 e. The molecule has 0 saturated heterocycles. The van der Waals surface area contributed by atoms with Crippen LogP contribution in [0.3, 0.4) is 0 Å². The van der Waals surface area contributed by atoms with E-state index < -0.39 is 10.8 Å². The third-order valence-corrected chi connectivity index (χ3v) is 3.34. The SMILES string of the molecule is Cc1cccc(CN/C=C(/C#N)C(=O)Nc2ccc([N+](=O)[O-])cc2)c1. The van der Waals surface area contributed by atoms with Crippen LogP contribution in [0.15, 0.2) is 60.3 Å². The fourth-order valence-corrected chi connectivity index (χ4v) is 2.11. The Balaban J connectivity index is 1.97. The third kappa shape index (κ3) is 5.18. The lowest BCUT2D eigenvalue weighted by molar-refractivity contribution is -0.384. The van der Waals surface area contributed by atoms with Gasteiger partial charge in [0.05, 0.1) is 4.92 Å². The zero-order valence-electron chi connectivity index (χ0n) is 13.5. The van der Waals surface area contributed by atoms with Crippen LogP contribution in [-0.4, -0.2) is 10.8 Å². The number of rotatable bonds is 6. The Kier molecular flexibility index (Phi) is 5.85. The molecule has 2 aromatic rings. The molecule has 0 atom stereocenters. The number of carbonyl (C=O) groups excluding carboxylic acids is 1. The molecule has 0 unspecified atom stereocenters. The fraction of sp³-hybridized carbons (Fsp3) is 0.111.